The van der Waals surface area contributed by atoms with Gasteiger partial charge in [-0.15, -0.1) is 0 Å². The number of hydrogen-bond acceptors (Lipinski definition) is 4. The fourth-order valence-electron chi connectivity index (χ4n) is 2.66. The molecule has 1 atom stereocenters. The van der Waals surface area contributed by atoms with Crippen molar-refractivity contribution in [2.45, 2.75) is 30.8 Å². The molecule has 2 heterocycles. The molecule has 1 aromatic carbocycles. The summed E-state index contributed by atoms with van der Waals surface area (Å²) in [5, 5.41) is 3.30. The SMILES string of the molecule is Cc1ccc2c(c1)S(=O)(=O)NC(C1CCOCC1)N2. The quantitative estimate of drug-likeness (QED) is 0.818. The van der Waals surface area contributed by atoms with Gasteiger partial charge in [0, 0.05) is 13.2 Å². The van der Waals surface area contributed by atoms with E-state index >= 15 is 0 Å². The Hall–Kier alpha value is -1.11. The second kappa shape index (κ2) is 4.77. The maximum atomic E-state index is 12.3. The van der Waals surface area contributed by atoms with Crippen molar-refractivity contribution in [3.8, 4) is 0 Å². The highest BCUT2D eigenvalue weighted by atomic mass is 32.2. The standard InChI is InChI=1S/C13H18N2O3S/c1-9-2-3-11-12(8-9)19(16,17)15-13(14-11)10-4-6-18-7-5-10/h2-3,8,10,13-15H,4-7H2,1H3. The van der Waals surface area contributed by atoms with Gasteiger partial charge in [0.2, 0.25) is 10.0 Å². The first-order valence-corrected chi connectivity index (χ1v) is 8.02. The Labute approximate surface area is 113 Å². The lowest BCUT2D eigenvalue weighted by Gasteiger charge is -2.35. The van der Waals surface area contributed by atoms with Crippen LogP contribution in [0.15, 0.2) is 23.1 Å². The van der Waals surface area contributed by atoms with Crippen LogP contribution in [0.5, 0.6) is 0 Å². The summed E-state index contributed by atoms with van der Waals surface area (Å²) in [7, 11) is -3.42. The molecular weight excluding hydrogens is 264 g/mol. The lowest BCUT2D eigenvalue weighted by Crippen LogP contribution is -2.50. The predicted molar refractivity (Wildman–Crippen MR) is 72.5 cm³/mol. The Kier molecular flexibility index (Phi) is 3.24. The van der Waals surface area contributed by atoms with Crippen LogP contribution in [-0.4, -0.2) is 27.8 Å². The molecule has 0 aromatic heterocycles. The number of hydrogen-bond donors (Lipinski definition) is 2. The number of anilines is 1. The van der Waals surface area contributed by atoms with Gasteiger partial charge in [0.25, 0.3) is 0 Å². The van der Waals surface area contributed by atoms with Gasteiger partial charge in [0.1, 0.15) is 4.90 Å². The van der Waals surface area contributed by atoms with Gasteiger partial charge in [-0.2, -0.15) is 4.72 Å². The molecule has 5 nitrogen and oxygen atoms in total. The third-order valence-electron chi connectivity index (χ3n) is 3.76. The molecule has 1 saturated heterocycles. The molecule has 0 spiro atoms. The van der Waals surface area contributed by atoms with Crippen molar-refractivity contribution < 1.29 is 13.2 Å². The number of fused-ring (bicyclic) bond motifs is 1. The molecule has 1 fully saturated rings. The van der Waals surface area contributed by atoms with Crippen LogP contribution in [0.25, 0.3) is 0 Å². The second-order valence-corrected chi connectivity index (χ2v) is 6.88. The average Bonchev–Trinajstić information content (AvgIpc) is 2.40. The Morgan fingerprint density at radius 1 is 1.26 bits per heavy atom. The number of rotatable bonds is 1. The molecule has 0 radical (unpaired) electrons. The van der Waals surface area contributed by atoms with Crippen LogP contribution in [0.4, 0.5) is 5.69 Å². The third-order valence-corrected chi connectivity index (χ3v) is 5.24. The normalized spacial score (nSPS) is 26.5. The van der Waals surface area contributed by atoms with E-state index in [2.05, 4.69) is 10.0 Å². The summed E-state index contributed by atoms with van der Waals surface area (Å²) in [6.45, 7) is 3.29. The fraction of sp³-hybridized carbons (Fsp3) is 0.538. The molecule has 2 aliphatic heterocycles. The molecule has 3 rings (SSSR count). The van der Waals surface area contributed by atoms with E-state index in [0.717, 1.165) is 18.4 Å². The summed E-state index contributed by atoms with van der Waals surface area (Å²) >= 11 is 0. The van der Waals surface area contributed by atoms with Crippen LogP contribution in [0, 0.1) is 12.8 Å². The topological polar surface area (TPSA) is 67.4 Å². The van der Waals surface area contributed by atoms with Crippen molar-refractivity contribution in [2.24, 2.45) is 5.92 Å². The summed E-state index contributed by atoms with van der Waals surface area (Å²) in [4.78, 5) is 0.343. The molecule has 0 aliphatic carbocycles. The van der Waals surface area contributed by atoms with E-state index in [1.807, 2.05) is 19.1 Å². The molecule has 6 heteroatoms. The Balaban J connectivity index is 1.92. The minimum atomic E-state index is -3.42. The molecule has 19 heavy (non-hydrogen) atoms. The first-order valence-electron chi connectivity index (χ1n) is 6.53. The first kappa shape index (κ1) is 12.9. The zero-order valence-electron chi connectivity index (χ0n) is 10.8. The molecule has 0 bridgehead atoms. The van der Waals surface area contributed by atoms with Crippen molar-refractivity contribution in [1.82, 2.24) is 4.72 Å². The summed E-state index contributed by atoms with van der Waals surface area (Å²) in [6, 6.07) is 5.47. The van der Waals surface area contributed by atoms with E-state index in [4.69, 9.17) is 4.74 Å². The van der Waals surface area contributed by atoms with Gasteiger partial charge in [-0.3, -0.25) is 0 Å². The largest absolute Gasteiger partial charge is 0.381 e. The van der Waals surface area contributed by atoms with E-state index in [1.54, 1.807) is 6.07 Å². The molecule has 104 valence electrons. The van der Waals surface area contributed by atoms with Crippen LogP contribution in [-0.2, 0) is 14.8 Å². The molecular formula is C13H18N2O3S. The van der Waals surface area contributed by atoms with Crippen molar-refractivity contribution in [3.63, 3.8) is 0 Å². The van der Waals surface area contributed by atoms with Crippen molar-refractivity contribution in [1.29, 1.82) is 0 Å². The van der Waals surface area contributed by atoms with E-state index in [0.29, 0.717) is 23.8 Å². The van der Waals surface area contributed by atoms with Crippen molar-refractivity contribution >= 4 is 15.7 Å². The highest BCUT2D eigenvalue weighted by Gasteiger charge is 2.34. The summed E-state index contributed by atoms with van der Waals surface area (Å²) in [5.41, 5.74) is 1.64. The third kappa shape index (κ3) is 2.48. The van der Waals surface area contributed by atoms with E-state index in [-0.39, 0.29) is 12.1 Å². The number of sulfonamides is 1. The highest BCUT2D eigenvalue weighted by molar-refractivity contribution is 7.89. The minimum Gasteiger partial charge on any atom is -0.381 e. The Morgan fingerprint density at radius 2 is 2.00 bits per heavy atom. The monoisotopic (exact) mass is 282 g/mol. The lowest BCUT2D eigenvalue weighted by atomic mass is 9.97. The smallest absolute Gasteiger partial charge is 0.244 e. The Morgan fingerprint density at radius 3 is 2.74 bits per heavy atom. The predicted octanol–water partition coefficient (Wildman–Crippen LogP) is 1.45. The maximum Gasteiger partial charge on any atom is 0.244 e. The number of ether oxygens (including phenoxy) is 1. The van der Waals surface area contributed by atoms with E-state index < -0.39 is 10.0 Å². The first-order chi connectivity index (χ1) is 9.06. The van der Waals surface area contributed by atoms with Gasteiger partial charge in [0.15, 0.2) is 0 Å². The van der Waals surface area contributed by atoms with Crippen molar-refractivity contribution in [3.05, 3.63) is 23.8 Å². The second-order valence-electron chi connectivity index (χ2n) is 5.19. The number of aryl methyl sites for hydroxylation is 1. The van der Waals surface area contributed by atoms with Gasteiger partial charge < -0.3 is 10.1 Å². The van der Waals surface area contributed by atoms with Gasteiger partial charge in [-0.1, -0.05) is 6.07 Å². The molecule has 0 saturated carbocycles. The Bertz CT molecular complexity index is 580. The summed E-state index contributed by atoms with van der Waals surface area (Å²) in [6.07, 6.45) is 1.52. The summed E-state index contributed by atoms with van der Waals surface area (Å²) < 4.78 is 32.7. The van der Waals surface area contributed by atoms with Crippen LogP contribution >= 0.6 is 0 Å². The summed E-state index contributed by atoms with van der Waals surface area (Å²) in [5.74, 6) is 0.276. The van der Waals surface area contributed by atoms with Crippen molar-refractivity contribution in [2.75, 3.05) is 18.5 Å². The highest BCUT2D eigenvalue weighted by Crippen LogP contribution is 2.31. The number of nitrogens with one attached hydrogen (secondary N) is 2. The zero-order valence-corrected chi connectivity index (χ0v) is 11.7. The molecule has 1 aromatic rings. The zero-order chi connectivity index (χ0) is 13.5. The molecule has 1 unspecified atom stereocenters. The van der Waals surface area contributed by atoms with Gasteiger partial charge in [0.05, 0.1) is 11.9 Å². The lowest BCUT2D eigenvalue weighted by molar-refractivity contribution is 0.0593. The van der Waals surface area contributed by atoms with Gasteiger partial charge in [-0.05, 0) is 43.4 Å². The van der Waals surface area contributed by atoms with E-state index in [9.17, 15) is 8.42 Å². The van der Waals surface area contributed by atoms with Gasteiger partial charge in [-0.25, -0.2) is 8.42 Å². The molecule has 0 amide bonds. The molecule has 2 N–H and O–H groups in total. The fourth-order valence-corrected chi connectivity index (χ4v) is 4.13. The minimum absolute atomic E-state index is 0.232. The molecule has 2 aliphatic rings. The van der Waals surface area contributed by atoms with Crippen LogP contribution in [0.2, 0.25) is 0 Å². The van der Waals surface area contributed by atoms with E-state index in [1.165, 1.54) is 0 Å². The van der Waals surface area contributed by atoms with Gasteiger partial charge >= 0.3 is 0 Å². The van der Waals surface area contributed by atoms with Crippen LogP contribution in [0.3, 0.4) is 0 Å². The van der Waals surface area contributed by atoms with Crippen LogP contribution < -0.4 is 10.0 Å². The van der Waals surface area contributed by atoms with Crippen LogP contribution in [0.1, 0.15) is 18.4 Å². The average molecular weight is 282 g/mol. The maximum absolute atomic E-state index is 12.3. The number of benzene rings is 1.